The summed E-state index contributed by atoms with van der Waals surface area (Å²) in [4.78, 5) is 23.6. The molecule has 0 saturated carbocycles. The highest BCUT2D eigenvalue weighted by Crippen LogP contribution is 2.21. The smallest absolute Gasteiger partial charge is 0.306 e. The Labute approximate surface area is 166 Å². The molecule has 0 unspecified atom stereocenters. The van der Waals surface area contributed by atoms with E-state index in [0.29, 0.717) is 25.4 Å². The molecule has 1 aliphatic rings. The fourth-order valence-electron chi connectivity index (χ4n) is 2.89. The largest absolute Gasteiger partial charge is 0.463 e. The number of ether oxygens (including phenoxy) is 2. The van der Waals surface area contributed by atoms with Gasteiger partial charge in [-0.05, 0) is 37.1 Å². The van der Waals surface area contributed by atoms with Crippen LogP contribution in [0.4, 0.5) is 5.69 Å². The summed E-state index contributed by atoms with van der Waals surface area (Å²) in [6.45, 7) is 1.55. The third-order valence-electron chi connectivity index (χ3n) is 4.45. The molecule has 1 fully saturated rings. The monoisotopic (exact) mass is 412 g/mol. The Balaban J connectivity index is 1.86. The minimum Gasteiger partial charge on any atom is -0.463 e. The maximum absolute atomic E-state index is 12.7. The molecule has 2 rings (SSSR count). The number of nitrogens with one attached hydrogen (secondary N) is 1. The highest BCUT2D eigenvalue weighted by atomic mass is 32.2. The molecule has 1 saturated heterocycles. The Kier molecular flexibility index (Phi) is 8.88. The normalized spacial score (nSPS) is 15.6. The first-order valence-electron chi connectivity index (χ1n) is 9.48. The van der Waals surface area contributed by atoms with Gasteiger partial charge in [0.1, 0.15) is 6.61 Å². The van der Waals surface area contributed by atoms with Gasteiger partial charge in [0.15, 0.2) is 0 Å². The van der Waals surface area contributed by atoms with E-state index >= 15 is 0 Å². The number of amides is 1. The molecule has 8 nitrogen and oxygen atoms in total. The van der Waals surface area contributed by atoms with E-state index < -0.39 is 16.0 Å². The van der Waals surface area contributed by atoms with E-state index in [0.717, 1.165) is 25.7 Å². The molecule has 1 N–H and O–H groups in total. The molecule has 0 aliphatic carbocycles. The van der Waals surface area contributed by atoms with Crippen molar-refractivity contribution in [3.05, 3.63) is 24.3 Å². The molecular weight excluding hydrogens is 384 g/mol. The van der Waals surface area contributed by atoms with Gasteiger partial charge in [0.2, 0.25) is 15.9 Å². The number of rotatable bonds is 9. The van der Waals surface area contributed by atoms with Gasteiger partial charge < -0.3 is 14.8 Å². The van der Waals surface area contributed by atoms with E-state index in [9.17, 15) is 18.0 Å². The van der Waals surface area contributed by atoms with Crippen LogP contribution >= 0.6 is 0 Å². The standard InChI is InChI=1S/C19H28N2O6S/c1-26-14-15-27-19(23)11-10-18(22)20-16-6-8-17(9-7-16)28(24,25)21-12-4-2-3-5-13-21/h6-9H,2-5,10-15H2,1H3,(H,20,22). The molecule has 0 spiro atoms. The zero-order chi connectivity index (χ0) is 20.4. The quantitative estimate of drug-likeness (QED) is 0.493. The highest BCUT2D eigenvalue weighted by molar-refractivity contribution is 7.89. The SMILES string of the molecule is COCCOC(=O)CCC(=O)Nc1ccc(S(=O)(=O)N2CCCCCC2)cc1. The Hall–Kier alpha value is -1.97. The van der Waals surface area contributed by atoms with Crippen LogP contribution in [-0.4, -0.2) is 58.0 Å². The van der Waals surface area contributed by atoms with Crippen LogP contribution in [-0.2, 0) is 29.1 Å². The number of hydrogen-bond donors (Lipinski definition) is 1. The van der Waals surface area contributed by atoms with Gasteiger partial charge in [0.05, 0.1) is 17.9 Å². The maximum Gasteiger partial charge on any atom is 0.306 e. The van der Waals surface area contributed by atoms with Gasteiger partial charge >= 0.3 is 5.97 Å². The fraction of sp³-hybridized carbons (Fsp3) is 0.579. The van der Waals surface area contributed by atoms with Crippen molar-refractivity contribution < 1.29 is 27.5 Å². The second kappa shape index (κ2) is 11.1. The lowest BCUT2D eigenvalue weighted by Crippen LogP contribution is -2.31. The van der Waals surface area contributed by atoms with Crippen molar-refractivity contribution in [2.75, 3.05) is 38.7 Å². The summed E-state index contributed by atoms with van der Waals surface area (Å²) < 4.78 is 36.7. The van der Waals surface area contributed by atoms with Crippen molar-refractivity contribution in [3.8, 4) is 0 Å². The summed E-state index contributed by atoms with van der Waals surface area (Å²) >= 11 is 0. The van der Waals surface area contributed by atoms with E-state index in [4.69, 9.17) is 9.47 Å². The van der Waals surface area contributed by atoms with Gasteiger partial charge in [-0.3, -0.25) is 9.59 Å². The Bertz CT molecular complexity index is 740. The number of anilines is 1. The van der Waals surface area contributed by atoms with Crippen LogP contribution < -0.4 is 5.32 Å². The van der Waals surface area contributed by atoms with Crippen LogP contribution in [0.5, 0.6) is 0 Å². The highest BCUT2D eigenvalue weighted by Gasteiger charge is 2.25. The van der Waals surface area contributed by atoms with Crippen molar-refractivity contribution >= 4 is 27.6 Å². The minimum atomic E-state index is -3.51. The van der Waals surface area contributed by atoms with Crippen molar-refractivity contribution in [3.63, 3.8) is 0 Å². The Morgan fingerprint density at radius 1 is 1.00 bits per heavy atom. The molecule has 1 aromatic carbocycles. The van der Waals surface area contributed by atoms with Gasteiger partial charge in [-0.1, -0.05) is 12.8 Å². The topological polar surface area (TPSA) is 102 Å². The van der Waals surface area contributed by atoms with Crippen molar-refractivity contribution in [1.82, 2.24) is 4.31 Å². The second-order valence-electron chi connectivity index (χ2n) is 6.60. The van der Waals surface area contributed by atoms with Gasteiger partial charge in [-0.15, -0.1) is 0 Å². The van der Waals surface area contributed by atoms with Crippen molar-refractivity contribution in [2.45, 2.75) is 43.4 Å². The zero-order valence-corrected chi connectivity index (χ0v) is 17.0. The van der Waals surface area contributed by atoms with Crippen molar-refractivity contribution in [1.29, 1.82) is 0 Å². The molecule has 0 aromatic heterocycles. The van der Waals surface area contributed by atoms with Crippen LogP contribution in [0.1, 0.15) is 38.5 Å². The lowest BCUT2D eigenvalue weighted by atomic mass is 10.2. The molecule has 1 aliphatic heterocycles. The molecular formula is C19H28N2O6S. The van der Waals surface area contributed by atoms with E-state index in [1.54, 1.807) is 12.1 Å². The van der Waals surface area contributed by atoms with Gasteiger partial charge in [-0.2, -0.15) is 4.31 Å². The summed E-state index contributed by atoms with van der Waals surface area (Å²) in [7, 11) is -2.01. The average Bonchev–Trinajstić information content (AvgIpc) is 2.97. The van der Waals surface area contributed by atoms with Crippen LogP contribution in [0.2, 0.25) is 0 Å². The van der Waals surface area contributed by atoms with E-state index in [1.165, 1.54) is 23.5 Å². The molecule has 9 heteroatoms. The number of hydrogen-bond acceptors (Lipinski definition) is 6. The first kappa shape index (κ1) is 22.3. The molecule has 28 heavy (non-hydrogen) atoms. The summed E-state index contributed by atoms with van der Waals surface area (Å²) in [6, 6.07) is 6.10. The predicted octanol–water partition coefficient (Wildman–Crippen LogP) is 2.16. The first-order valence-corrected chi connectivity index (χ1v) is 10.9. The van der Waals surface area contributed by atoms with E-state index in [1.807, 2.05) is 0 Å². The van der Waals surface area contributed by atoms with Crippen molar-refractivity contribution in [2.24, 2.45) is 0 Å². The molecule has 0 atom stereocenters. The molecule has 1 heterocycles. The summed E-state index contributed by atoms with van der Waals surface area (Å²) in [5, 5.41) is 2.65. The summed E-state index contributed by atoms with van der Waals surface area (Å²) in [6.07, 6.45) is 3.81. The van der Waals surface area contributed by atoms with Gasteiger partial charge in [-0.25, -0.2) is 8.42 Å². The number of carbonyl (C=O) groups excluding carboxylic acids is 2. The second-order valence-corrected chi connectivity index (χ2v) is 8.54. The third-order valence-corrected chi connectivity index (χ3v) is 6.36. The van der Waals surface area contributed by atoms with Crippen LogP contribution in [0.25, 0.3) is 0 Å². The lowest BCUT2D eigenvalue weighted by molar-refractivity contribution is -0.145. The molecule has 0 bridgehead atoms. The minimum absolute atomic E-state index is 0.0142. The summed E-state index contributed by atoms with van der Waals surface area (Å²) in [5.74, 6) is -0.807. The zero-order valence-electron chi connectivity index (χ0n) is 16.2. The first-order chi connectivity index (χ1) is 13.4. The molecule has 0 radical (unpaired) electrons. The van der Waals surface area contributed by atoms with Gasteiger partial charge in [0, 0.05) is 32.3 Å². The Morgan fingerprint density at radius 2 is 1.64 bits per heavy atom. The maximum atomic E-state index is 12.7. The molecule has 156 valence electrons. The lowest BCUT2D eigenvalue weighted by Gasteiger charge is -2.20. The number of carbonyl (C=O) groups is 2. The third kappa shape index (κ3) is 6.88. The Morgan fingerprint density at radius 3 is 2.25 bits per heavy atom. The van der Waals surface area contributed by atoms with Crippen LogP contribution in [0.15, 0.2) is 29.2 Å². The number of benzene rings is 1. The van der Waals surface area contributed by atoms with Crippen LogP contribution in [0, 0.1) is 0 Å². The number of sulfonamides is 1. The van der Waals surface area contributed by atoms with Gasteiger partial charge in [0.25, 0.3) is 0 Å². The fourth-order valence-corrected chi connectivity index (χ4v) is 4.41. The molecule has 1 amide bonds. The molecule has 1 aromatic rings. The summed E-state index contributed by atoms with van der Waals surface area (Å²) in [5.41, 5.74) is 0.479. The predicted molar refractivity (Wildman–Crippen MR) is 104 cm³/mol. The van der Waals surface area contributed by atoms with E-state index in [-0.39, 0.29) is 30.3 Å². The van der Waals surface area contributed by atoms with E-state index in [2.05, 4.69) is 5.32 Å². The number of esters is 1. The number of nitrogens with zero attached hydrogens (tertiary/aromatic N) is 1. The number of methoxy groups -OCH3 is 1. The average molecular weight is 413 g/mol. The van der Waals surface area contributed by atoms with Crippen LogP contribution in [0.3, 0.4) is 0 Å².